The highest BCUT2D eigenvalue weighted by Gasteiger charge is 2.29. The van der Waals surface area contributed by atoms with Crippen LogP contribution in [-0.4, -0.2) is 32.2 Å². The standard InChI is InChI=1S/C17H16ClN5O/c1-2-13-15(17(24)22-9-10-23-14(22)7-8-19-23)21-16(20-13)11-3-5-12(18)6-4-11/h3-8H,2,9-10H2,1H3,(H,20,21). The molecule has 0 saturated heterocycles. The first kappa shape index (κ1) is 15.0. The largest absolute Gasteiger partial charge is 0.341 e. The number of benzene rings is 1. The summed E-state index contributed by atoms with van der Waals surface area (Å²) < 4.78 is 1.83. The lowest BCUT2D eigenvalue weighted by molar-refractivity contribution is 0.0984. The van der Waals surface area contributed by atoms with Gasteiger partial charge in [-0.2, -0.15) is 5.10 Å². The van der Waals surface area contributed by atoms with Gasteiger partial charge in [0.05, 0.1) is 12.7 Å². The molecular formula is C17H16ClN5O. The number of anilines is 1. The minimum absolute atomic E-state index is 0.0948. The highest BCUT2D eigenvalue weighted by molar-refractivity contribution is 6.30. The molecular weight excluding hydrogens is 326 g/mol. The molecule has 4 rings (SSSR count). The minimum Gasteiger partial charge on any atom is -0.341 e. The number of H-pyrrole nitrogens is 1. The molecule has 2 aromatic heterocycles. The monoisotopic (exact) mass is 341 g/mol. The minimum atomic E-state index is -0.0948. The highest BCUT2D eigenvalue weighted by Crippen LogP contribution is 2.25. The summed E-state index contributed by atoms with van der Waals surface area (Å²) in [7, 11) is 0. The number of aromatic amines is 1. The van der Waals surface area contributed by atoms with Gasteiger partial charge >= 0.3 is 0 Å². The fourth-order valence-corrected chi connectivity index (χ4v) is 3.08. The lowest BCUT2D eigenvalue weighted by atomic mass is 10.2. The Hall–Kier alpha value is -2.60. The van der Waals surface area contributed by atoms with E-state index in [1.54, 1.807) is 11.1 Å². The Balaban J connectivity index is 1.70. The summed E-state index contributed by atoms with van der Waals surface area (Å²) in [5.74, 6) is 1.40. The van der Waals surface area contributed by atoms with Crippen molar-refractivity contribution in [2.24, 2.45) is 0 Å². The molecule has 1 aliphatic rings. The maximum atomic E-state index is 13.0. The Morgan fingerprint density at radius 2 is 2.04 bits per heavy atom. The number of aryl methyl sites for hydroxylation is 1. The van der Waals surface area contributed by atoms with Crippen LogP contribution in [-0.2, 0) is 13.0 Å². The van der Waals surface area contributed by atoms with Crippen molar-refractivity contribution in [2.75, 3.05) is 11.4 Å². The smallest absolute Gasteiger partial charge is 0.279 e. The normalized spacial score (nSPS) is 13.3. The van der Waals surface area contributed by atoms with Crippen molar-refractivity contribution in [3.63, 3.8) is 0 Å². The number of aromatic nitrogens is 4. The fraction of sp³-hybridized carbons (Fsp3) is 0.235. The zero-order valence-corrected chi connectivity index (χ0v) is 13.9. The second-order valence-corrected chi connectivity index (χ2v) is 6.08. The number of nitrogens with one attached hydrogen (secondary N) is 1. The first-order chi connectivity index (χ1) is 11.7. The first-order valence-corrected chi connectivity index (χ1v) is 8.23. The molecule has 0 bridgehead atoms. The van der Waals surface area contributed by atoms with Crippen LogP contribution in [0.4, 0.5) is 5.82 Å². The van der Waals surface area contributed by atoms with E-state index in [1.165, 1.54) is 0 Å². The average molecular weight is 342 g/mol. The lowest BCUT2D eigenvalue weighted by Gasteiger charge is -2.13. The second kappa shape index (κ2) is 5.79. The highest BCUT2D eigenvalue weighted by atomic mass is 35.5. The van der Waals surface area contributed by atoms with Gasteiger partial charge in [0, 0.05) is 28.9 Å². The number of halogens is 1. The molecule has 3 aromatic rings. The molecule has 7 heteroatoms. The van der Waals surface area contributed by atoms with E-state index in [2.05, 4.69) is 15.1 Å². The van der Waals surface area contributed by atoms with E-state index in [0.29, 0.717) is 36.1 Å². The number of hydrogen-bond donors (Lipinski definition) is 1. The zero-order valence-electron chi connectivity index (χ0n) is 13.2. The number of rotatable bonds is 3. The molecule has 1 N–H and O–H groups in total. The first-order valence-electron chi connectivity index (χ1n) is 7.86. The van der Waals surface area contributed by atoms with Crippen LogP contribution in [0.2, 0.25) is 5.02 Å². The van der Waals surface area contributed by atoms with Crippen LogP contribution in [0.25, 0.3) is 11.4 Å². The molecule has 3 heterocycles. The molecule has 0 radical (unpaired) electrons. The van der Waals surface area contributed by atoms with Gasteiger partial charge in [-0.3, -0.25) is 9.69 Å². The molecule has 1 amide bonds. The number of imidazole rings is 1. The van der Waals surface area contributed by atoms with Crippen molar-refractivity contribution in [3.8, 4) is 11.4 Å². The molecule has 0 unspecified atom stereocenters. The van der Waals surface area contributed by atoms with Crippen LogP contribution in [0.1, 0.15) is 23.1 Å². The van der Waals surface area contributed by atoms with E-state index in [9.17, 15) is 4.79 Å². The van der Waals surface area contributed by atoms with E-state index >= 15 is 0 Å². The molecule has 0 saturated carbocycles. The molecule has 122 valence electrons. The summed E-state index contributed by atoms with van der Waals surface area (Å²) in [5, 5.41) is 4.88. The number of hydrogen-bond acceptors (Lipinski definition) is 3. The van der Waals surface area contributed by atoms with Crippen molar-refractivity contribution in [2.45, 2.75) is 19.9 Å². The third-order valence-corrected chi connectivity index (χ3v) is 4.46. The molecule has 6 nitrogen and oxygen atoms in total. The molecule has 1 aromatic carbocycles. The number of carbonyl (C=O) groups is 1. The van der Waals surface area contributed by atoms with Crippen molar-refractivity contribution >= 4 is 23.3 Å². The summed E-state index contributed by atoms with van der Waals surface area (Å²) in [6.07, 6.45) is 2.41. The van der Waals surface area contributed by atoms with Gasteiger partial charge in [0.1, 0.15) is 17.3 Å². The van der Waals surface area contributed by atoms with Crippen molar-refractivity contribution < 1.29 is 4.79 Å². The Morgan fingerprint density at radius 1 is 1.25 bits per heavy atom. The van der Waals surface area contributed by atoms with Gasteiger partial charge in [-0.25, -0.2) is 9.67 Å². The second-order valence-electron chi connectivity index (χ2n) is 5.64. The number of nitrogens with zero attached hydrogens (tertiary/aromatic N) is 4. The van der Waals surface area contributed by atoms with Crippen LogP contribution in [0.15, 0.2) is 36.5 Å². The van der Waals surface area contributed by atoms with Gasteiger partial charge in [-0.1, -0.05) is 18.5 Å². The SMILES string of the molecule is CCc1[nH]c(-c2ccc(Cl)cc2)nc1C(=O)N1CCn2nccc21. The van der Waals surface area contributed by atoms with Gasteiger partial charge in [0.15, 0.2) is 0 Å². The number of fused-ring (bicyclic) bond motifs is 1. The quantitative estimate of drug-likeness (QED) is 0.795. The predicted molar refractivity (Wildman–Crippen MR) is 92.3 cm³/mol. The maximum absolute atomic E-state index is 13.0. The van der Waals surface area contributed by atoms with Crippen molar-refractivity contribution in [1.82, 2.24) is 19.7 Å². The topological polar surface area (TPSA) is 66.8 Å². The fourth-order valence-electron chi connectivity index (χ4n) is 2.96. The predicted octanol–water partition coefficient (Wildman–Crippen LogP) is 3.15. The Bertz CT molecular complexity index is 896. The van der Waals surface area contributed by atoms with Crippen LogP contribution in [0.3, 0.4) is 0 Å². The Kier molecular flexibility index (Phi) is 3.61. The zero-order chi connectivity index (χ0) is 16.7. The van der Waals surface area contributed by atoms with E-state index in [1.807, 2.05) is 41.9 Å². The van der Waals surface area contributed by atoms with E-state index in [0.717, 1.165) is 17.1 Å². The summed E-state index contributed by atoms with van der Waals surface area (Å²) in [4.78, 5) is 22.5. The van der Waals surface area contributed by atoms with Gasteiger partial charge in [-0.15, -0.1) is 0 Å². The van der Waals surface area contributed by atoms with Crippen LogP contribution < -0.4 is 4.90 Å². The Labute approximate surface area is 144 Å². The molecule has 0 aliphatic carbocycles. The Morgan fingerprint density at radius 3 is 2.79 bits per heavy atom. The summed E-state index contributed by atoms with van der Waals surface area (Å²) >= 11 is 5.94. The van der Waals surface area contributed by atoms with Crippen LogP contribution in [0, 0.1) is 0 Å². The third kappa shape index (κ3) is 2.39. The van der Waals surface area contributed by atoms with Gasteiger partial charge in [0.2, 0.25) is 0 Å². The van der Waals surface area contributed by atoms with Crippen molar-refractivity contribution in [1.29, 1.82) is 0 Å². The summed E-state index contributed by atoms with van der Waals surface area (Å²) in [5.41, 5.74) is 2.21. The van der Waals surface area contributed by atoms with E-state index in [-0.39, 0.29) is 5.91 Å². The van der Waals surface area contributed by atoms with Crippen molar-refractivity contribution in [3.05, 3.63) is 52.9 Å². The molecule has 0 atom stereocenters. The number of amides is 1. The van der Waals surface area contributed by atoms with Gasteiger partial charge in [0.25, 0.3) is 5.91 Å². The molecule has 0 spiro atoms. The van der Waals surface area contributed by atoms with Crippen LogP contribution in [0.5, 0.6) is 0 Å². The van der Waals surface area contributed by atoms with Gasteiger partial charge < -0.3 is 4.98 Å². The molecule has 1 aliphatic heterocycles. The summed E-state index contributed by atoms with van der Waals surface area (Å²) in [6.45, 7) is 3.34. The number of carbonyl (C=O) groups excluding carboxylic acids is 1. The molecule has 24 heavy (non-hydrogen) atoms. The lowest BCUT2D eigenvalue weighted by Crippen LogP contribution is -2.29. The molecule has 0 fully saturated rings. The summed E-state index contributed by atoms with van der Waals surface area (Å²) in [6, 6.07) is 9.25. The van der Waals surface area contributed by atoms with Crippen LogP contribution >= 0.6 is 11.6 Å². The third-order valence-electron chi connectivity index (χ3n) is 4.20. The van der Waals surface area contributed by atoms with E-state index in [4.69, 9.17) is 11.6 Å². The van der Waals surface area contributed by atoms with Gasteiger partial charge in [-0.05, 0) is 30.7 Å². The average Bonchev–Trinajstić information content (AvgIpc) is 3.29. The maximum Gasteiger partial charge on any atom is 0.279 e. The van der Waals surface area contributed by atoms with E-state index < -0.39 is 0 Å².